The topological polar surface area (TPSA) is 30.7 Å². The first kappa shape index (κ1) is 10.7. The fraction of sp³-hybridized carbons (Fsp3) is 0.0667. The van der Waals surface area contributed by atoms with Crippen molar-refractivity contribution in [3.63, 3.8) is 0 Å². The molecule has 0 atom stereocenters. The Morgan fingerprint density at radius 2 is 1.67 bits per heavy atom. The van der Waals surface area contributed by atoms with E-state index in [0.717, 1.165) is 17.9 Å². The smallest absolute Gasteiger partial charge is 0.111 e. The zero-order valence-corrected chi connectivity index (χ0v) is 9.90. The summed E-state index contributed by atoms with van der Waals surface area (Å²) in [4.78, 5) is 4.29. The van der Waals surface area contributed by atoms with Gasteiger partial charge in [-0.2, -0.15) is 5.10 Å². The van der Waals surface area contributed by atoms with Crippen LogP contribution >= 0.6 is 0 Å². The third kappa shape index (κ3) is 2.30. The van der Waals surface area contributed by atoms with Crippen molar-refractivity contribution in [2.24, 2.45) is 0 Å². The van der Waals surface area contributed by atoms with E-state index in [4.69, 9.17) is 0 Å². The van der Waals surface area contributed by atoms with Gasteiger partial charge in [0.1, 0.15) is 5.69 Å². The molecule has 0 bridgehead atoms. The van der Waals surface area contributed by atoms with Gasteiger partial charge in [0.25, 0.3) is 0 Å². The lowest BCUT2D eigenvalue weighted by molar-refractivity contribution is 0.689. The molecule has 0 radical (unpaired) electrons. The van der Waals surface area contributed by atoms with Crippen LogP contribution in [0.25, 0.3) is 11.4 Å². The summed E-state index contributed by atoms with van der Waals surface area (Å²) in [5, 5.41) is 4.53. The van der Waals surface area contributed by atoms with Crippen molar-refractivity contribution in [1.29, 1.82) is 0 Å². The van der Waals surface area contributed by atoms with Crippen LogP contribution in [-0.4, -0.2) is 14.8 Å². The minimum Gasteiger partial charge on any atom is -0.268 e. The molecule has 0 fully saturated rings. The van der Waals surface area contributed by atoms with Crippen LogP contribution in [0.4, 0.5) is 0 Å². The Balaban J connectivity index is 1.82. The maximum absolute atomic E-state index is 4.53. The van der Waals surface area contributed by atoms with Crippen LogP contribution in [-0.2, 0) is 6.54 Å². The Labute approximate surface area is 106 Å². The Morgan fingerprint density at radius 1 is 0.833 bits per heavy atom. The van der Waals surface area contributed by atoms with E-state index in [0.29, 0.717) is 0 Å². The Hall–Kier alpha value is -2.42. The van der Waals surface area contributed by atoms with Gasteiger partial charge in [0.15, 0.2) is 0 Å². The van der Waals surface area contributed by atoms with E-state index in [2.05, 4.69) is 22.2 Å². The second kappa shape index (κ2) is 4.84. The van der Waals surface area contributed by atoms with Crippen LogP contribution < -0.4 is 0 Å². The first-order valence-corrected chi connectivity index (χ1v) is 5.90. The van der Waals surface area contributed by atoms with E-state index < -0.39 is 0 Å². The number of nitrogens with zero attached hydrogens (tertiary/aromatic N) is 3. The molecule has 0 saturated heterocycles. The van der Waals surface area contributed by atoms with E-state index in [1.807, 2.05) is 53.3 Å². The summed E-state index contributed by atoms with van der Waals surface area (Å²) >= 11 is 0. The average Bonchev–Trinajstić information content (AvgIpc) is 2.89. The van der Waals surface area contributed by atoms with Gasteiger partial charge in [0, 0.05) is 12.4 Å². The van der Waals surface area contributed by atoms with Gasteiger partial charge in [-0.25, -0.2) is 0 Å². The van der Waals surface area contributed by atoms with Crippen LogP contribution in [0.2, 0.25) is 0 Å². The molecule has 1 aromatic carbocycles. The lowest BCUT2D eigenvalue weighted by atomic mass is 10.2. The van der Waals surface area contributed by atoms with Crippen LogP contribution in [0.3, 0.4) is 0 Å². The normalized spacial score (nSPS) is 10.4. The van der Waals surface area contributed by atoms with Gasteiger partial charge >= 0.3 is 0 Å². The summed E-state index contributed by atoms with van der Waals surface area (Å²) in [6.45, 7) is 0.785. The van der Waals surface area contributed by atoms with E-state index in [1.165, 1.54) is 5.56 Å². The first-order valence-electron chi connectivity index (χ1n) is 5.90. The zero-order valence-electron chi connectivity index (χ0n) is 9.90. The summed E-state index contributed by atoms with van der Waals surface area (Å²) in [5.74, 6) is 0. The highest BCUT2D eigenvalue weighted by molar-refractivity contribution is 5.52. The van der Waals surface area contributed by atoms with Gasteiger partial charge in [0.05, 0.1) is 12.2 Å². The quantitative estimate of drug-likeness (QED) is 0.698. The molecule has 0 aliphatic carbocycles. The highest BCUT2D eigenvalue weighted by atomic mass is 15.3. The van der Waals surface area contributed by atoms with E-state index >= 15 is 0 Å². The number of hydrogen-bond donors (Lipinski definition) is 0. The van der Waals surface area contributed by atoms with Crippen LogP contribution in [0.15, 0.2) is 67.0 Å². The molecule has 3 rings (SSSR count). The van der Waals surface area contributed by atoms with Crippen molar-refractivity contribution in [2.45, 2.75) is 6.54 Å². The highest BCUT2D eigenvalue weighted by Gasteiger charge is 2.03. The Morgan fingerprint density at radius 3 is 2.44 bits per heavy atom. The van der Waals surface area contributed by atoms with E-state index in [-0.39, 0.29) is 0 Å². The second-order valence-corrected chi connectivity index (χ2v) is 4.10. The third-order valence-corrected chi connectivity index (χ3v) is 2.76. The van der Waals surface area contributed by atoms with Gasteiger partial charge in [0.2, 0.25) is 0 Å². The third-order valence-electron chi connectivity index (χ3n) is 2.76. The molecule has 0 aliphatic rings. The maximum Gasteiger partial charge on any atom is 0.111 e. The van der Waals surface area contributed by atoms with Crippen molar-refractivity contribution in [3.8, 4) is 11.4 Å². The van der Waals surface area contributed by atoms with E-state index in [9.17, 15) is 0 Å². The molecule has 0 spiro atoms. The minimum atomic E-state index is 0.785. The van der Waals surface area contributed by atoms with Crippen LogP contribution in [0.1, 0.15) is 5.56 Å². The standard InChI is InChI=1S/C15H13N3/c1-2-6-13(7-3-1)12-18-11-9-15(17-18)14-8-4-5-10-16-14/h1-11H,12H2. The number of pyridine rings is 1. The second-order valence-electron chi connectivity index (χ2n) is 4.10. The summed E-state index contributed by atoms with van der Waals surface area (Å²) in [5.41, 5.74) is 3.06. The average molecular weight is 235 g/mol. The SMILES string of the molecule is c1ccc(Cn2ccc(-c3ccccn3)n2)cc1. The summed E-state index contributed by atoms with van der Waals surface area (Å²) in [6, 6.07) is 18.1. The summed E-state index contributed by atoms with van der Waals surface area (Å²) < 4.78 is 1.93. The predicted molar refractivity (Wildman–Crippen MR) is 71.0 cm³/mol. The molecule has 18 heavy (non-hydrogen) atoms. The lowest BCUT2D eigenvalue weighted by Crippen LogP contribution is -2.00. The number of hydrogen-bond acceptors (Lipinski definition) is 2. The summed E-state index contributed by atoms with van der Waals surface area (Å²) in [7, 11) is 0. The summed E-state index contributed by atoms with van der Waals surface area (Å²) in [6.07, 6.45) is 3.77. The molecule has 3 nitrogen and oxygen atoms in total. The van der Waals surface area contributed by atoms with Crippen molar-refractivity contribution in [3.05, 3.63) is 72.6 Å². The molecule has 2 aromatic heterocycles. The number of aromatic nitrogens is 3. The molecular weight excluding hydrogens is 222 g/mol. The van der Waals surface area contributed by atoms with Gasteiger partial charge in [-0.1, -0.05) is 36.4 Å². The largest absolute Gasteiger partial charge is 0.268 e. The molecule has 2 heterocycles. The fourth-order valence-electron chi connectivity index (χ4n) is 1.87. The highest BCUT2D eigenvalue weighted by Crippen LogP contribution is 2.13. The van der Waals surface area contributed by atoms with Crippen molar-refractivity contribution >= 4 is 0 Å². The zero-order chi connectivity index (χ0) is 12.2. The lowest BCUT2D eigenvalue weighted by Gasteiger charge is -2.01. The number of rotatable bonds is 3. The molecule has 88 valence electrons. The molecular formula is C15H13N3. The maximum atomic E-state index is 4.53. The van der Waals surface area contributed by atoms with E-state index in [1.54, 1.807) is 6.20 Å². The first-order chi connectivity index (χ1) is 8.92. The fourth-order valence-corrected chi connectivity index (χ4v) is 1.87. The molecule has 0 saturated carbocycles. The van der Waals surface area contributed by atoms with Crippen LogP contribution in [0.5, 0.6) is 0 Å². The minimum absolute atomic E-state index is 0.785. The molecule has 0 amide bonds. The molecule has 0 unspecified atom stereocenters. The number of benzene rings is 1. The van der Waals surface area contributed by atoms with Gasteiger partial charge in [-0.3, -0.25) is 9.67 Å². The van der Waals surface area contributed by atoms with Gasteiger partial charge in [-0.05, 0) is 23.8 Å². The monoisotopic (exact) mass is 235 g/mol. The van der Waals surface area contributed by atoms with Gasteiger partial charge < -0.3 is 0 Å². The molecule has 0 N–H and O–H groups in total. The molecule has 3 aromatic rings. The Kier molecular flexibility index (Phi) is 2.88. The van der Waals surface area contributed by atoms with Crippen molar-refractivity contribution < 1.29 is 0 Å². The molecule has 0 aliphatic heterocycles. The Bertz CT molecular complexity index is 615. The van der Waals surface area contributed by atoms with Gasteiger partial charge in [-0.15, -0.1) is 0 Å². The van der Waals surface area contributed by atoms with Crippen molar-refractivity contribution in [2.75, 3.05) is 0 Å². The van der Waals surface area contributed by atoms with Crippen LogP contribution in [0, 0.1) is 0 Å². The predicted octanol–water partition coefficient (Wildman–Crippen LogP) is 2.99. The molecule has 3 heteroatoms. The van der Waals surface area contributed by atoms with Crippen molar-refractivity contribution in [1.82, 2.24) is 14.8 Å².